The fraction of sp³-hybridized carbons (Fsp3) is 0.423. The number of anilines is 1. The molecule has 1 atom stereocenters. The molecule has 2 aliphatic rings. The molecule has 1 aliphatic heterocycles. The van der Waals surface area contributed by atoms with Gasteiger partial charge in [-0.1, -0.05) is 23.7 Å². The number of rotatable bonds is 4. The maximum absolute atomic E-state index is 13.6. The van der Waals surface area contributed by atoms with Crippen molar-refractivity contribution in [3.8, 4) is 0 Å². The number of carbonyl (C=O) groups is 3. The van der Waals surface area contributed by atoms with E-state index < -0.39 is 12.2 Å². The van der Waals surface area contributed by atoms with Crippen LogP contribution >= 0.6 is 11.6 Å². The van der Waals surface area contributed by atoms with Crippen LogP contribution in [0.2, 0.25) is 5.02 Å². The van der Waals surface area contributed by atoms with Gasteiger partial charge in [0, 0.05) is 41.4 Å². The van der Waals surface area contributed by atoms with E-state index in [9.17, 15) is 14.4 Å². The predicted octanol–water partition coefficient (Wildman–Crippen LogP) is 3.74. The smallest absolute Gasteiger partial charge is 0.323 e. The number of carbonyl (C=O) groups excluding carboxylic acids is 3. The van der Waals surface area contributed by atoms with Crippen molar-refractivity contribution in [3.05, 3.63) is 64.7 Å². The van der Waals surface area contributed by atoms with Crippen LogP contribution in [0, 0.1) is 6.92 Å². The Kier molecular flexibility index (Phi) is 7.93. The summed E-state index contributed by atoms with van der Waals surface area (Å²) in [7, 11) is 0. The van der Waals surface area contributed by atoms with E-state index in [1.807, 2.05) is 25.1 Å². The molecule has 35 heavy (non-hydrogen) atoms. The summed E-state index contributed by atoms with van der Waals surface area (Å²) in [5, 5.41) is 6.49. The summed E-state index contributed by atoms with van der Waals surface area (Å²) in [4.78, 5) is 43.3. The Bertz CT molecular complexity index is 1070. The SMILES string of the molecule is Cc1cccc(NC(=O)N2CCCN(C(=O)c3ccc(Cl)cc3)C2C(=O)NC2CCC(N)CC2)c1. The fourth-order valence-electron chi connectivity index (χ4n) is 4.75. The van der Waals surface area contributed by atoms with Crippen LogP contribution in [0.15, 0.2) is 48.5 Å². The van der Waals surface area contributed by atoms with Crippen molar-refractivity contribution in [3.63, 3.8) is 0 Å². The molecule has 1 heterocycles. The molecule has 0 bridgehead atoms. The first kappa shape index (κ1) is 25.0. The molecule has 0 spiro atoms. The molecule has 1 aliphatic carbocycles. The van der Waals surface area contributed by atoms with Gasteiger partial charge in [-0.15, -0.1) is 0 Å². The molecule has 2 aromatic rings. The van der Waals surface area contributed by atoms with Crippen molar-refractivity contribution >= 4 is 35.1 Å². The summed E-state index contributed by atoms with van der Waals surface area (Å²) in [6.45, 7) is 2.66. The van der Waals surface area contributed by atoms with Crippen LogP contribution in [0.5, 0.6) is 0 Å². The van der Waals surface area contributed by atoms with Gasteiger partial charge in [-0.3, -0.25) is 14.5 Å². The van der Waals surface area contributed by atoms with Crippen molar-refractivity contribution in [1.29, 1.82) is 0 Å². The average molecular weight is 498 g/mol. The number of halogens is 1. The van der Waals surface area contributed by atoms with Gasteiger partial charge in [0.2, 0.25) is 0 Å². The van der Waals surface area contributed by atoms with Crippen LogP contribution in [0.1, 0.15) is 48.0 Å². The lowest BCUT2D eigenvalue weighted by Gasteiger charge is -2.43. The van der Waals surface area contributed by atoms with Gasteiger partial charge in [-0.05, 0) is 81.0 Å². The third-order valence-electron chi connectivity index (χ3n) is 6.62. The largest absolute Gasteiger partial charge is 0.350 e. The Labute approximate surface area is 210 Å². The second-order valence-electron chi connectivity index (χ2n) is 9.35. The van der Waals surface area contributed by atoms with E-state index in [4.69, 9.17) is 17.3 Å². The summed E-state index contributed by atoms with van der Waals surface area (Å²) in [5.74, 6) is -0.674. The first-order valence-corrected chi connectivity index (χ1v) is 12.5. The zero-order valence-electron chi connectivity index (χ0n) is 19.9. The Morgan fingerprint density at radius 3 is 2.34 bits per heavy atom. The lowest BCUT2D eigenvalue weighted by molar-refractivity contribution is -0.133. The van der Waals surface area contributed by atoms with E-state index in [0.29, 0.717) is 35.8 Å². The minimum Gasteiger partial charge on any atom is -0.350 e. The molecule has 4 N–H and O–H groups in total. The van der Waals surface area contributed by atoms with E-state index in [1.165, 1.54) is 9.80 Å². The number of hydrogen-bond donors (Lipinski definition) is 3. The highest BCUT2D eigenvalue weighted by atomic mass is 35.5. The average Bonchev–Trinajstić information content (AvgIpc) is 2.85. The lowest BCUT2D eigenvalue weighted by Crippen LogP contribution is -2.65. The van der Waals surface area contributed by atoms with Gasteiger partial charge in [0.15, 0.2) is 6.17 Å². The number of hydrogen-bond acceptors (Lipinski definition) is 4. The molecule has 186 valence electrons. The molecular formula is C26H32ClN5O3. The van der Waals surface area contributed by atoms with E-state index >= 15 is 0 Å². The quantitative estimate of drug-likeness (QED) is 0.598. The van der Waals surface area contributed by atoms with Gasteiger partial charge in [-0.25, -0.2) is 4.79 Å². The van der Waals surface area contributed by atoms with Gasteiger partial charge >= 0.3 is 6.03 Å². The highest BCUT2D eigenvalue weighted by molar-refractivity contribution is 6.30. The third kappa shape index (κ3) is 6.13. The minimum absolute atomic E-state index is 0.0293. The summed E-state index contributed by atoms with van der Waals surface area (Å²) >= 11 is 5.99. The highest BCUT2D eigenvalue weighted by Gasteiger charge is 2.41. The standard InChI is InChI=1S/C26H32ClN5O3/c1-17-4-2-5-22(16-17)30-26(35)32-15-3-14-31(25(34)18-6-8-19(27)9-7-18)24(32)23(33)29-21-12-10-20(28)11-13-21/h2,4-9,16,20-21,24H,3,10-15,28H2,1H3,(H,29,33)(H,30,35). The molecule has 0 aromatic heterocycles. The zero-order valence-corrected chi connectivity index (χ0v) is 20.6. The highest BCUT2D eigenvalue weighted by Crippen LogP contribution is 2.23. The van der Waals surface area contributed by atoms with Crippen molar-refractivity contribution < 1.29 is 14.4 Å². The number of nitrogens with one attached hydrogen (secondary N) is 2. The molecule has 4 amide bonds. The second kappa shape index (κ2) is 11.1. The molecule has 9 heteroatoms. The monoisotopic (exact) mass is 497 g/mol. The summed E-state index contributed by atoms with van der Waals surface area (Å²) < 4.78 is 0. The lowest BCUT2D eigenvalue weighted by atomic mass is 9.91. The Morgan fingerprint density at radius 1 is 0.971 bits per heavy atom. The van der Waals surface area contributed by atoms with Gasteiger partial charge < -0.3 is 21.3 Å². The molecule has 8 nitrogen and oxygen atoms in total. The van der Waals surface area contributed by atoms with E-state index in [1.54, 1.807) is 30.3 Å². The number of amides is 4. The molecular weight excluding hydrogens is 466 g/mol. The Balaban J connectivity index is 1.58. The van der Waals surface area contributed by atoms with Gasteiger partial charge in [0.1, 0.15) is 0 Å². The number of nitrogens with zero attached hydrogens (tertiary/aromatic N) is 2. The Hall–Kier alpha value is -3.10. The minimum atomic E-state index is -1.06. The van der Waals surface area contributed by atoms with Crippen LogP contribution in [0.4, 0.5) is 10.5 Å². The fourth-order valence-corrected chi connectivity index (χ4v) is 4.87. The summed E-state index contributed by atoms with van der Waals surface area (Å²) in [6, 6.07) is 13.7. The van der Waals surface area contributed by atoms with Gasteiger partial charge in [0.25, 0.3) is 11.8 Å². The molecule has 1 saturated heterocycles. The van der Waals surface area contributed by atoms with Gasteiger partial charge in [0.05, 0.1) is 0 Å². The number of aryl methyl sites for hydroxylation is 1. The van der Waals surface area contributed by atoms with Gasteiger partial charge in [-0.2, -0.15) is 0 Å². The zero-order chi connectivity index (χ0) is 24.9. The topological polar surface area (TPSA) is 108 Å². The summed E-state index contributed by atoms with van der Waals surface area (Å²) in [6.07, 6.45) is 2.72. The van der Waals surface area contributed by atoms with E-state index in [0.717, 1.165) is 31.2 Å². The predicted molar refractivity (Wildman–Crippen MR) is 136 cm³/mol. The first-order valence-electron chi connectivity index (χ1n) is 12.1. The van der Waals surface area contributed by atoms with Crippen LogP contribution in [-0.2, 0) is 4.79 Å². The summed E-state index contributed by atoms with van der Waals surface area (Å²) in [5.41, 5.74) is 8.07. The van der Waals surface area contributed by atoms with Crippen molar-refractivity contribution in [2.24, 2.45) is 5.73 Å². The van der Waals surface area contributed by atoms with E-state index in [2.05, 4.69) is 10.6 Å². The molecule has 2 fully saturated rings. The van der Waals surface area contributed by atoms with E-state index in [-0.39, 0.29) is 23.9 Å². The van der Waals surface area contributed by atoms with Crippen LogP contribution in [0.3, 0.4) is 0 Å². The maximum Gasteiger partial charge on any atom is 0.323 e. The van der Waals surface area contributed by atoms with Crippen molar-refractivity contribution in [1.82, 2.24) is 15.1 Å². The number of nitrogens with two attached hydrogens (primary N) is 1. The molecule has 1 saturated carbocycles. The van der Waals surface area contributed by atoms with Crippen LogP contribution in [0.25, 0.3) is 0 Å². The van der Waals surface area contributed by atoms with Crippen LogP contribution < -0.4 is 16.4 Å². The molecule has 2 aromatic carbocycles. The van der Waals surface area contributed by atoms with Crippen molar-refractivity contribution in [2.75, 3.05) is 18.4 Å². The molecule has 1 unspecified atom stereocenters. The third-order valence-corrected chi connectivity index (χ3v) is 6.88. The molecule has 0 radical (unpaired) electrons. The Morgan fingerprint density at radius 2 is 1.66 bits per heavy atom. The number of urea groups is 1. The van der Waals surface area contributed by atoms with Crippen LogP contribution in [-0.4, -0.2) is 59.0 Å². The second-order valence-corrected chi connectivity index (χ2v) is 9.78. The maximum atomic E-state index is 13.6. The molecule has 4 rings (SSSR count). The normalized spacial score (nSPS) is 22.4. The van der Waals surface area contributed by atoms with Crippen molar-refractivity contribution in [2.45, 2.75) is 57.3 Å². The first-order chi connectivity index (χ1) is 16.8. The number of benzene rings is 2.